The summed E-state index contributed by atoms with van der Waals surface area (Å²) in [6, 6.07) is 4.69. The van der Waals surface area contributed by atoms with E-state index in [0.717, 1.165) is 17.7 Å². The molecule has 1 atom stereocenters. The van der Waals surface area contributed by atoms with Gasteiger partial charge in [0.2, 0.25) is 17.7 Å². The Bertz CT molecular complexity index is 861. The van der Waals surface area contributed by atoms with E-state index in [1.54, 1.807) is 43.3 Å². The van der Waals surface area contributed by atoms with Crippen LogP contribution in [-0.2, 0) is 20.7 Å². The van der Waals surface area contributed by atoms with Gasteiger partial charge in [-0.1, -0.05) is 6.07 Å². The van der Waals surface area contributed by atoms with Gasteiger partial charge >= 0.3 is 5.97 Å². The molecule has 0 spiro atoms. The number of hydrogen-bond acceptors (Lipinski definition) is 9. The van der Waals surface area contributed by atoms with Crippen LogP contribution in [0.1, 0.15) is 51.3 Å². The Balaban J connectivity index is 0.00000512. The number of hydrogen-bond donors (Lipinski definition) is 2. The number of methoxy groups -OCH3 is 1. The van der Waals surface area contributed by atoms with Crippen LogP contribution in [-0.4, -0.2) is 52.5 Å². The lowest BCUT2D eigenvalue weighted by Gasteiger charge is -2.28. The Kier molecular flexibility index (Phi) is 8.98. The second-order valence-corrected chi connectivity index (χ2v) is 7.01. The molecule has 2 rings (SSSR count). The van der Waals surface area contributed by atoms with E-state index in [1.807, 2.05) is 0 Å². The molecule has 31 heavy (non-hydrogen) atoms. The monoisotopic (exact) mass is 432 g/mol. The summed E-state index contributed by atoms with van der Waals surface area (Å²) in [5.41, 5.74) is 12.8. The van der Waals surface area contributed by atoms with Crippen molar-refractivity contribution in [2.75, 3.05) is 32.2 Å². The van der Waals surface area contributed by atoms with Gasteiger partial charge in [0.1, 0.15) is 5.82 Å². The van der Waals surface area contributed by atoms with Crippen molar-refractivity contribution in [2.24, 2.45) is 0 Å². The number of rotatable bonds is 11. The number of nitrogen functional groups attached to an aromatic ring is 2. The molecule has 10 heteroatoms. The van der Waals surface area contributed by atoms with Crippen molar-refractivity contribution in [3.63, 3.8) is 0 Å². The number of amides is 1. The lowest BCUT2D eigenvalue weighted by Crippen LogP contribution is -2.33. The largest absolute Gasteiger partial charge is 0.481 e. The number of aryl methyl sites for hydroxylation is 1. The topological polar surface area (TPSA) is 147 Å². The van der Waals surface area contributed by atoms with Crippen LogP contribution in [0.4, 0.5) is 11.8 Å². The number of carbonyl (C=O) groups is 2. The first-order valence-electron chi connectivity index (χ1n) is 10.1. The SMILES string of the molecule is CCOC(=O)C[C@@H](c1ccc(OC)nc1)N(C)C(=O)CCCCc1cc(N)nc(N)n1.[HH]. The van der Waals surface area contributed by atoms with Gasteiger partial charge < -0.3 is 25.8 Å². The highest BCUT2D eigenvalue weighted by atomic mass is 16.5. The summed E-state index contributed by atoms with van der Waals surface area (Å²) in [5, 5.41) is 0. The van der Waals surface area contributed by atoms with E-state index in [0.29, 0.717) is 31.0 Å². The molecule has 2 aromatic rings. The number of carbonyl (C=O) groups excluding carboxylic acids is 2. The summed E-state index contributed by atoms with van der Waals surface area (Å²) >= 11 is 0. The van der Waals surface area contributed by atoms with Crippen molar-refractivity contribution in [3.8, 4) is 5.88 Å². The molecule has 0 aromatic carbocycles. The van der Waals surface area contributed by atoms with Crippen molar-refractivity contribution in [1.82, 2.24) is 19.9 Å². The van der Waals surface area contributed by atoms with E-state index in [-0.39, 0.29) is 32.3 Å². The second kappa shape index (κ2) is 11.7. The zero-order chi connectivity index (χ0) is 22.8. The molecule has 2 aromatic heterocycles. The third-order valence-corrected chi connectivity index (χ3v) is 4.77. The predicted molar refractivity (Wildman–Crippen MR) is 118 cm³/mol. The van der Waals surface area contributed by atoms with E-state index in [1.165, 1.54) is 7.11 Å². The van der Waals surface area contributed by atoms with Gasteiger partial charge in [-0.3, -0.25) is 9.59 Å². The molecule has 170 valence electrons. The number of unbranched alkanes of at least 4 members (excludes halogenated alkanes) is 1. The summed E-state index contributed by atoms with van der Waals surface area (Å²) in [4.78, 5) is 38.7. The molecule has 4 N–H and O–H groups in total. The Morgan fingerprint density at radius 2 is 2.00 bits per heavy atom. The van der Waals surface area contributed by atoms with Crippen molar-refractivity contribution in [2.45, 2.75) is 45.1 Å². The molecular formula is C21H32N6O4. The van der Waals surface area contributed by atoms with Gasteiger partial charge in [0, 0.05) is 38.9 Å². The molecule has 0 saturated carbocycles. The fraction of sp³-hybridized carbons (Fsp3) is 0.476. The fourth-order valence-electron chi connectivity index (χ4n) is 3.17. The molecular weight excluding hydrogens is 400 g/mol. The smallest absolute Gasteiger partial charge is 0.308 e. The van der Waals surface area contributed by atoms with Crippen molar-refractivity contribution in [1.29, 1.82) is 0 Å². The zero-order valence-electron chi connectivity index (χ0n) is 18.2. The maximum atomic E-state index is 12.8. The zero-order valence-corrected chi connectivity index (χ0v) is 18.2. The first-order chi connectivity index (χ1) is 14.8. The van der Waals surface area contributed by atoms with Gasteiger partial charge in [0.25, 0.3) is 0 Å². The minimum absolute atomic E-state index is 0. The first kappa shape index (κ1) is 23.8. The highest BCUT2D eigenvalue weighted by molar-refractivity contribution is 5.78. The summed E-state index contributed by atoms with van der Waals surface area (Å²) in [6.45, 7) is 2.03. The van der Waals surface area contributed by atoms with Crippen molar-refractivity contribution in [3.05, 3.63) is 35.7 Å². The van der Waals surface area contributed by atoms with E-state index in [4.69, 9.17) is 20.9 Å². The van der Waals surface area contributed by atoms with Gasteiger partial charge in [-0.05, 0) is 31.7 Å². The third kappa shape index (κ3) is 7.40. The predicted octanol–water partition coefficient (Wildman–Crippen LogP) is 2.16. The highest BCUT2D eigenvalue weighted by Crippen LogP contribution is 2.25. The maximum Gasteiger partial charge on any atom is 0.308 e. The standard InChI is InChI=1S/C21H30N6O4.H2/c1-4-31-20(29)12-16(14-9-10-18(30-3)24-13-14)27(2)19(28)8-6-5-7-15-11-17(22)26-21(23)25-15;/h9-11,13,16H,4-8,12H2,1-3H3,(H4,22,23,25,26);1H/t16-;/m0./s1. The van der Waals surface area contributed by atoms with Gasteiger partial charge in [0.05, 0.1) is 26.2 Å². The normalized spacial score (nSPS) is 11.6. The van der Waals surface area contributed by atoms with Crippen LogP contribution in [0.3, 0.4) is 0 Å². The van der Waals surface area contributed by atoms with Crippen LogP contribution >= 0.6 is 0 Å². The Morgan fingerprint density at radius 3 is 2.61 bits per heavy atom. The number of anilines is 2. The number of ether oxygens (including phenoxy) is 2. The van der Waals surface area contributed by atoms with Gasteiger partial charge in [-0.25, -0.2) is 9.97 Å². The maximum absolute atomic E-state index is 12.8. The van der Waals surface area contributed by atoms with E-state index < -0.39 is 6.04 Å². The summed E-state index contributed by atoms with van der Waals surface area (Å²) < 4.78 is 10.2. The summed E-state index contributed by atoms with van der Waals surface area (Å²) in [5.74, 6) is 0.473. The molecule has 2 heterocycles. The van der Waals surface area contributed by atoms with E-state index in [9.17, 15) is 9.59 Å². The molecule has 0 aliphatic heterocycles. The number of nitrogens with two attached hydrogens (primary N) is 2. The van der Waals surface area contributed by atoms with Crippen LogP contribution in [0.25, 0.3) is 0 Å². The molecule has 0 aliphatic rings. The minimum atomic E-state index is -0.480. The average Bonchev–Trinajstić information content (AvgIpc) is 2.74. The molecule has 0 bridgehead atoms. The summed E-state index contributed by atoms with van der Waals surface area (Å²) in [6.07, 6.45) is 4.01. The lowest BCUT2D eigenvalue weighted by molar-refractivity contribution is -0.145. The highest BCUT2D eigenvalue weighted by Gasteiger charge is 2.25. The minimum Gasteiger partial charge on any atom is -0.481 e. The Labute approximate surface area is 183 Å². The molecule has 1 amide bonds. The molecule has 0 fully saturated rings. The quantitative estimate of drug-likeness (QED) is 0.402. The second-order valence-electron chi connectivity index (χ2n) is 7.01. The van der Waals surface area contributed by atoms with Gasteiger partial charge in [-0.15, -0.1) is 0 Å². The van der Waals surface area contributed by atoms with E-state index in [2.05, 4.69) is 15.0 Å². The fourth-order valence-corrected chi connectivity index (χ4v) is 3.17. The molecule has 0 saturated heterocycles. The number of pyridine rings is 1. The van der Waals surface area contributed by atoms with Gasteiger partial charge in [0.15, 0.2) is 0 Å². The average molecular weight is 433 g/mol. The molecule has 10 nitrogen and oxygen atoms in total. The summed E-state index contributed by atoms with van der Waals surface area (Å²) in [7, 11) is 3.21. The van der Waals surface area contributed by atoms with Crippen molar-refractivity contribution >= 4 is 23.6 Å². The number of aromatic nitrogens is 3. The van der Waals surface area contributed by atoms with Crippen LogP contribution < -0.4 is 16.2 Å². The van der Waals surface area contributed by atoms with Crippen LogP contribution in [0.15, 0.2) is 24.4 Å². The van der Waals surface area contributed by atoms with Crippen LogP contribution in [0, 0.1) is 0 Å². The van der Waals surface area contributed by atoms with Crippen LogP contribution in [0.2, 0.25) is 0 Å². The Hall–Kier alpha value is -3.43. The third-order valence-electron chi connectivity index (χ3n) is 4.77. The molecule has 0 aliphatic carbocycles. The first-order valence-corrected chi connectivity index (χ1v) is 10.1. The molecule has 0 radical (unpaired) electrons. The van der Waals surface area contributed by atoms with Gasteiger partial charge in [-0.2, -0.15) is 4.98 Å². The lowest BCUT2D eigenvalue weighted by atomic mass is 10.0. The number of esters is 1. The van der Waals surface area contributed by atoms with Crippen LogP contribution in [0.5, 0.6) is 5.88 Å². The molecule has 0 unspecified atom stereocenters. The van der Waals surface area contributed by atoms with E-state index >= 15 is 0 Å². The Morgan fingerprint density at radius 1 is 1.23 bits per heavy atom. The number of nitrogens with zero attached hydrogens (tertiary/aromatic N) is 4. The van der Waals surface area contributed by atoms with Crippen molar-refractivity contribution < 1.29 is 20.5 Å².